The molecule has 0 fully saturated rings. The van der Waals surface area contributed by atoms with Crippen LogP contribution in [0.2, 0.25) is 0 Å². The zero-order valence-electron chi connectivity index (χ0n) is 24.5. The third kappa shape index (κ3) is 6.53. The normalized spacial score (nSPS) is 12.9. The molecule has 0 aliphatic heterocycles. The molecule has 1 aliphatic rings. The van der Waals surface area contributed by atoms with Crippen molar-refractivity contribution in [2.75, 3.05) is 11.1 Å². The van der Waals surface area contributed by atoms with Gasteiger partial charge in [-0.05, 0) is 92.3 Å². The maximum atomic E-state index is 13.5. The first kappa shape index (κ1) is 29.2. The lowest BCUT2D eigenvalue weighted by atomic mass is 9.96. The molecular weight excluding hydrogens is 566 g/mol. The fourth-order valence-electron chi connectivity index (χ4n) is 5.59. The molecular formula is C37H33N3O3S. The van der Waals surface area contributed by atoms with E-state index in [4.69, 9.17) is 0 Å². The van der Waals surface area contributed by atoms with E-state index in [9.17, 15) is 14.4 Å². The fraction of sp³-hybridized carbons (Fsp3) is 0.162. The van der Waals surface area contributed by atoms with Crippen molar-refractivity contribution in [3.63, 3.8) is 0 Å². The van der Waals surface area contributed by atoms with Crippen LogP contribution in [0.4, 0.5) is 5.69 Å². The molecule has 2 amide bonds. The molecule has 0 saturated heterocycles. The van der Waals surface area contributed by atoms with E-state index in [1.54, 1.807) is 42.5 Å². The maximum absolute atomic E-state index is 13.5. The number of amides is 2. The van der Waals surface area contributed by atoms with Gasteiger partial charge in [-0.3, -0.25) is 19.0 Å². The number of hydrogen-bond donors (Lipinski definition) is 2. The van der Waals surface area contributed by atoms with Gasteiger partial charge in [0.1, 0.15) is 5.70 Å². The average molecular weight is 600 g/mol. The van der Waals surface area contributed by atoms with Gasteiger partial charge in [0, 0.05) is 27.2 Å². The Morgan fingerprint density at radius 1 is 0.818 bits per heavy atom. The van der Waals surface area contributed by atoms with Gasteiger partial charge in [-0.2, -0.15) is 0 Å². The van der Waals surface area contributed by atoms with Gasteiger partial charge < -0.3 is 10.6 Å². The highest BCUT2D eigenvalue weighted by Crippen LogP contribution is 2.33. The van der Waals surface area contributed by atoms with Crippen LogP contribution in [-0.2, 0) is 17.6 Å². The van der Waals surface area contributed by atoms with E-state index in [0.717, 1.165) is 52.9 Å². The summed E-state index contributed by atoms with van der Waals surface area (Å²) in [4.78, 5) is 40.6. The van der Waals surface area contributed by atoms with Crippen LogP contribution in [-0.4, -0.2) is 28.0 Å². The third-order valence-electron chi connectivity index (χ3n) is 7.82. The monoisotopic (exact) mass is 599 g/mol. The Bertz CT molecular complexity index is 1860. The number of hydrogen-bond acceptors (Lipinski definition) is 4. The topological polar surface area (TPSA) is 80.2 Å². The Labute approximate surface area is 261 Å². The lowest BCUT2D eigenvalue weighted by Crippen LogP contribution is -2.30. The van der Waals surface area contributed by atoms with Crippen LogP contribution in [0.15, 0.2) is 114 Å². The number of nitrogens with one attached hydrogen (secondary N) is 2. The van der Waals surface area contributed by atoms with E-state index in [1.165, 1.54) is 22.7 Å². The summed E-state index contributed by atoms with van der Waals surface area (Å²) < 4.78 is 1.93. The number of carbonyl (C=O) groups is 3. The molecule has 0 atom stereocenters. The number of thioether (sulfide) groups is 1. The standard InChI is InChI=1S/C37H33N3O3S/c1-25-15-17-26(18-16-25)23-32(39-36(42)27-9-3-2-4-10-27)37(43)38-28-19-21-29(22-20-28)44-24-35(41)40-33-13-7-5-11-30(33)31-12-6-8-14-34(31)40/h2-5,7,9-11,13,15-23H,6,8,12,14,24H2,1H3,(H,38,43)(H,39,42)/b32-23-. The summed E-state index contributed by atoms with van der Waals surface area (Å²) in [5.74, 6) is -0.417. The molecule has 0 saturated carbocycles. The number of aryl methyl sites for hydroxylation is 2. The van der Waals surface area contributed by atoms with Crippen LogP contribution in [0.25, 0.3) is 17.0 Å². The summed E-state index contributed by atoms with van der Waals surface area (Å²) in [6.07, 6.45) is 5.88. The van der Waals surface area contributed by atoms with Crippen LogP contribution in [0.5, 0.6) is 0 Å². The molecule has 0 bridgehead atoms. The molecule has 1 aliphatic carbocycles. The van der Waals surface area contributed by atoms with Gasteiger partial charge >= 0.3 is 0 Å². The summed E-state index contributed by atoms with van der Waals surface area (Å²) in [5, 5.41) is 6.86. The highest BCUT2D eigenvalue weighted by Gasteiger charge is 2.23. The Hall–Kier alpha value is -4.88. The number of para-hydroxylation sites is 1. The van der Waals surface area contributed by atoms with Crippen molar-refractivity contribution in [2.45, 2.75) is 37.5 Å². The first-order valence-electron chi connectivity index (χ1n) is 14.8. The number of benzene rings is 4. The van der Waals surface area contributed by atoms with Gasteiger partial charge in [-0.15, -0.1) is 11.8 Å². The van der Waals surface area contributed by atoms with Crippen molar-refractivity contribution in [1.82, 2.24) is 9.88 Å². The lowest BCUT2D eigenvalue weighted by Gasteiger charge is -2.15. The van der Waals surface area contributed by atoms with Crippen molar-refractivity contribution >= 4 is 52.1 Å². The Balaban J connectivity index is 1.14. The van der Waals surface area contributed by atoms with Crippen molar-refractivity contribution in [3.05, 3.63) is 137 Å². The van der Waals surface area contributed by atoms with Crippen molar-refractivity contribution in [2.24, 2.45) is 0 Å². The van der Waals surface area contributed by atoms with E-state index in [0.29, 0.717) is 17.0 Å². The fourth-order valence-corrected chi connectivity index (χ4v) is 6.34. The first-order valence-corrected chi connectivity index (χ1v) is 15.8. The molecule has 44 heavy (non-hydrogen) atoms. The van der Waals surface area contributed by atoms with Crippen LogP contribution in [0.3, 0.4) is 0 Å². The molecule has 0 spiro atoms. The highest BCUT2D eigenvalue weighted by molar-refractivity contribution is 8.00. The zero-order chi connectivity index (χ0) is 30.5. The zero-order valence-corrected chi connectivity index (χ0v) is 25.3. The molecule has 1 aromatic heterocycles. The molecule has 5 aromatic rings. The molecule has 4 aromatic carbocycles. The summed E-state index contributed by atoms with van der Waals surface area (Å²) in [5.41, 5.74) is 6.55. The van der Waals surface area contributed by atoms with Crippen LogP contribution < -0.4 is 10.6 Å². The summed E-state index contributed by atoms with van der Waals surface area (Å²) in [6.45, 7) is 1.99. The number of nitrogens with zero attached hydrogens (tertiary/aromatic N) is 1. The molecule has 0 unspecified atom stereocenters. The minimum atomic E-state index is -0.435. The average Bonchev–Trinajstić information content (AvgIpc) is 3.40. The summed E-state index contributed by atoms with van der Waals surface area (Å²) in [6, 6.07) is 32.1. The van der Waals surface area contributed by atoms with Crippen molar-refractivity contribution < 1.29 is 14.4 Å². The van der Waals surface area contributed by atoms with Gasteiger partial charge in [0.25, 0.3) is 11.8 Å². The number of rotatable bonds is 8. The van der Waals surface area contributed by atoms with E-state index >= 15 is 0 Å². The Morgan fingerprint density at radius 3 is 2.30 bits per heavy atom. The minimum Gasteiger partial charge on any atom is -0.321 e. The van der Waals surface area contributed by atoms with Crippen LogP contribution in [0, 0.1) is 6.92 Å². The minimum absolute atomic E-state index is 0.0757. The lowest BCUT2D eigenvalue weighted by molar-refractivity contribution is -0.113. The van der Waals surface area contributed by atoms with Gasteiger partial charge in [0.05, 0.1) is 11.3 Å². The predicted molar refractivity (Wildman–Crippen MR) is 178 cm³/mol. The number of anilines is 1. The Kier molecular flexibility index (Phi) is 8.75. The van der Waals surface area contributed by atoms with Crippen LogP contribution in [0.1, 0.15) is 50.4 Å². The van der Waals surface area contributed by atoms with E-state index in [-0.39, 0.29) is 17.5 Å². The van der Waals surface area contributed by atoms with Gasteiger partial charge in [0.15, 0.2) is 0 Å². The molecule has 2 N–H and O–H groups in total. The predicted octanol–water partition coefficient (Wildman–Crippen LogP) is 7.67. The summed E-state index contributed by atoms with van der Waals surface area (Å²) in [7, 11) is 0. The second-order valence-electron chi connectivity index (χ2n) is 10.9. The molecule has 1 heterocycles. The third-order valence-corrected chi connectivity index (χ3v) is 8.82. The summed E-state index contributed by atoms with van der Waals surface area (Å²) >= 11 is 1.48. The van der Waals surface area contributed by atoms with Crippen molar-refractivity contribution in [1.29, 1.82) is 0 Å². The number of carbonyl (C=O) groups excluding carboxylic acids is 3. The van der Waals surface area contributed by atoms with E-state index in [2.05, 4.69) is 16.7 Å². The second kappa shape index (κ2) is 13.2. The Morgan fingerprint density at radius 2 is 1.52 bits per heavy atom. The molecule has 6 rings (SSSR count). The largest absolute Gasteiger partial charge is 0.321 e. The molecule has 7 heteroatoms. The number of fused-ring (bicyclic) bond motifs is 3. The smallest absolute Gasteiger partial charge is 0.272 e. The quantitative estimate of drug-likeness (QED) is 0.142. The van der Waals surface area contributed by atoms with Gasteiger partial charge in [0.2, 0.25) is 5.91 Å². The molecule has 6 nitrogen and oxygen atoms in total. The van der Waals surface area contributed by atoms with Gasteiger partial charge in [-0.25, -0.2) is 0 Å². The van der Waals surface area contributed by atoms with Crippen molar-refractivity contribution in [3.8, 4) is 0 Å². The van der Waals surface area contributed by atoms with E-state index in [1.807, 2.05) is 72.2 Å². The second-order valence-corrected chi connectivity index (χ2v) is 12.0. The molecule has 0 radical (unpaired) electrons. The molecule has 220 valence electrons. The SMILES string of the molecule is Cc1ccc(/C=C(\NC(=O)c2ccccc2)C(=O)Nc2ccc(SCC(=O)n3c4c(c5ccccc53)CCCC4)cc2)cc1. The van der Waals surface area contributed by atoms with Gasteiger partial charge in [-0.1, -0.05) is 66.2 Å². The van der Waals surface area contributed by atoms with Crippen LogP contribution >= 0.6 is 11.8 Å². The maximum Gasteiger partial charge on any atom is 0.272 e. The highest BCUT2D eigenvalue weighted by atomic mass is 32.2. The van der Waals surface area contributed by atoms with E-state index < -0.39 is 5.91 Å². The number of aromatic nitrogens is 1. The first-order chi connectivity index (χ1) is 21.5.